The molecule has 0 amide bonds. The highest BCUT2D eigenvalue weighted by Crippen LogP contribution is 2.03. The average molecular weight is 219 g/mol. The number of hydrogen-bond donors (Lipinski definition) is 3. The normalized spacial score (nSPS) is 10.8. The van der Waals surface area contributed by atoms with Crippen molar-refractivity contribution in [2.24, 2.45) is 5.10 Å². The fraction of sp³-hybridized carbons (Fsp3) is 0. The van der Waals surface area contributed by atoms with Crippen molar-refractivity contribution < 1.29 is 4.42 Å². The van der Waals surface area contributed by atoms with Gasteiger partial charge >= 0.3 is 0 Å². The molecule has 0 unspecified atom stereocenters. The lowest BCUT2D eigenvalue weighted by Crippen LogP contribution is -2.06. The van der Waals surface area contributed by atoms with E-state index in [1.165, 1.54) is 6.21 Å². The first-order valence-electron chi connectivity index (χ1n) is 4.33. The number of nitrogens with zero attached hydrogens (tertiary/aromatic N) is 4. The molecule has 0 aromatic carbocycles. The van der Waals surface area contributed by atoms with Crippen LogP contribution in [0.3, 0.4) is 0 Å². The molecule has 0 atom stereocenters. The zero-order valence-electron chi connectivity index (χ0n) is 8.16. The number of nitrogens with one attached hydrogen (secondary N) is 1. The Kier molecular flexibility index (Phi) is 2.63. The third kappa shape index (κ3) is 2.44. The molecule has 2 aromatic rings. The Bertz CT molecular complexity index is 473. The summed E-state index contributed by atoms with van der Waals surface area (Å²) in [6, 6.07) is 3.50. The number of hydrogen-bond acceptors (Lipinski definition) is 8. The van der Waals surface area contributed by atoms with E-state index in [4.69, 9.17) is 15.9 Å². The average Bonchev–Trinajstić information content (AvgIpc) is 2.69. The molecule has 0 aliphatic rings. The van der Waals surface area contributed by atoms with Crippen molar-refractivity contribution in [3.8, 4) is 0 Å². The van der Waals surface area contributed by atoms with E-state index < -0.39 is 0 Å². The van der Waals surface area contributed by atoms with Crippen LogP contribution in [0.2, 0.25) is 0 Å². The minimum atomic E-state index is 0.0307. The Hall–Kier alpha value is -2.64. The molecule has 5 N–H and O–H groups in total. The van der Waals surface area contributed by atoms with Crippen LogP contribution >= 0.6 is 0 Å². The molecule has 0 spiro atoms. The number of furan rings is 1. The van der Waals surface area contributed by atoms with Crippen molar-refractivity contribution in [2.75, 3.05) is 16.9 Å². The van der Waals surface area contributed by atoms with E-state index in [0.29, 0.717) is 5.76 Å². The van der Waals surface area contributed by atoms with Crippen LogP contribution in [0.5, 0.6) is 0 Å². The summed E-state index contributed by atoms with van der Waals surface area (Å²) in [6.45, 7) is 0. The van der Waals surface area contributed by atoms with E-state index >= 15 is 0 Å². The third-order valence-electron chi connectivity index (χ3n) is 1.57. The Morgan fingerprint density at radius 1 is 1.25 bits per heavy atom. The van der Waals surface area contributed by atoms with Crippen LogP contribution in [-0.2, 0) is 0 Å². The largest absolute Gasteiger partial charge is 0.463 e. The summed E-state index contributed by atoms with van der Waals surface area (Å²) in [6.07, 6.45) is 3.01. The number of aromatic nitrogens is 3. The highest BCUT2D eigenvalue weighted by Gasteiger charge is 1.99. The fourth-order valence-electron chi connectivity index (χ4n) is 0.978. The Labute approximate surface area is 90.4 Å². The lowest BCUT2D eigenvalue weighted by atomic mass is 10.5. The Morgan fingerprint density at radius 3 is 2.62 bits per heavy atom. The van der Waals surface area contributed by atoms with E-state index in [9.17, 15) is 0 Å². The minimum absolute atomic E-state index is 0.0307. The summed E-state index contributed by atoms with van der Waals surface area (Å²) in [5.41, 5.74) is 13.3. The van der Waals surface area contributed by atoms with Gasteiger partial charge in [-0.25, -0.2) is 5.43 Å². The molecule has 8 nitrogen and oxygen atoms in total. The monoisotopic (exact) mass is 219 g/mol. The van der Waals surface area contributed by atoms with Gasteiger partial charge in [0.1, 0.15) is 5.76 Å². The second-order valence-corrected chi connectivity index (χ2v) is 2.76. The molecule has 2 aromatic heterocycles. The lowest BCUT2D eigenvalue weighted by molar-refractivity contribution is 0.560. The van der Waals surface area contributed by atoms with Crippen molar-refractivity contribution in [1.29, 1.82) is 0 Å². The van der Waals surface area contributed by atoms with Crippen molar-refractivity contribution in [1.82, 2.24) is 15.0 Å². The molecule has 0 saturated carbocycles. The minimum Gasteiger partial charge on any atom is -0.463 e. The SMILES string of the molecule is Nc1nc(N)nc(N/N=C\c2ccco2)n1. The Balaban J connectivity index is 2.04. The predicted molar refractivity (Wildman–Crippen MR) is 58.6 cm³/mol. The smallest absolute Gasteiger partial charge is 0.250 e. The highest BCUT2D eigenvalue weighted by atomic mass is 16.3. The maximum Gasteiger partial charge on any atom is 0.250 e. The van der Waals surface area contributed by atoms with E-state index in [1.807, 2.05) is 0 Å². The van der Waals surface area contributed by atoms with Gasteiger partial charge in [0.25, 0.3) is 0 Å². The Morgan fingerprint density at radius 2 is 2.00 bits per heavy atom. The van der Waals surface area contributed by atoms with Crippen molar-refractivity contribution in [2.45, 2.75) is 0 Å². The zero-order valence-corrected chi connectivity index (χ0v) is 8.16. The molecule has 8 heteroatoms. The predicted octanol–water partition coefficient (Wildman–Crippen LogP) is 0.0750. The van der Waals surface area contributed by atoms with Gasteiger partial charge < -0.3 is 15.9 Å². The molecule has 2 heterocycles. The molecule has 0 saturated heterocycles. The second kappa shape index (κ2) is 4.26. The number of rotatable bonds is 3. The van der Waals surface area contributed by atoms with Crippen molar-refractivity contribution in [3.05, 3.63) is 24.2 Å². The van der Waals surface area contributed by atoms with Crippen LogP contribution in [0.1, 0.15) is 5.76 Å². The van der Waals surface area contributed by atoms with Gasteiger partial charge in [-0.05, 0) is 12.1 Å². The first kappa shape index (κ1) is 9.90. The van der Waals surface area contributed by atoms with Crippen LogP contribution in [0.25, 0.3) is 0 Å². The third-order valence-corrected chi connectivity index (χ3v) is 1.57. The standard InChI is InChI=1S/C8H9N7O/c9-6-12-7(10)14-8(13-6)15-11-4-5-2-1-3-16-5/h1-4H,(H5,9,10,12,13,14,15)/b11-4-. The van der Waals surface area contributed by atoms with Gasteiger partial charge in [0.15, 0.2) is 0 Å². The summed E-state index contributed by atoms with van der Waals surface area (Å²) in [7, 11) is 0. The van der Waals surface area contributed by atoms with Gasteiger partial charge in [-0.15, -0.1) is 0 Å². The molecular weight excluding hydrogens is 210 g/mol. The maximum atomic E-state index is 5.37. The summed E-state index contributed by atoms with van der Waals surface area (Å²) in [5, 5.41) is 3.83. The zero-order chi connectivity index (χ0) is 11.4. The molecule has 0 fully saturated rings. The fourth-order valence-corrected chi connectivity index (χ4v) is 0.978. The number of hydrazone groups is 1. The van der Waals surface area contributed by atoms with Gasteiger partial charge in [0.2, 0.25) is 17.8 Å². The topological polar surface area (TPSA) is 128 Å². The first-order valence-corrected chi connectivity index (χ1v) is 4.33. The molecule has 82 valence electrons. The summed E-state index contributed by atoms with van der Waals surface area (Å²) < 4.78 is 5.03. The second-order valence-electron chi connectivity index (χ2n) is 2.76. The van der Waals surface area contributed by atoms with Gasteiger partial charge in [-0.2, -0.15) is 20.1 Å². The van der Waals surface area contributed by atoms with Crippen LogP contribution in [-0.4, -0.2) is 21.2 Å². The van der Waals surface area contributed by atoms with Gasteiger partial charge in [-0.1, -0.05) is 0 Å². The summed E-state index contributed by atoms with van der Waals surface area (Å²) in [5.74, 6) is 0.835. The molecule has 0 aliphatic heterocycles. The van der Waals surface area contributed by atoms with E-state index in [2.05, 4.69) is 25.5 Å². The van der Waals surface area contributed by atoms with Crippen molar-refractivity contribution in [3.63, 3.8) is 0 Å². The first-order chi connectivity index (χ1) is 7.74. The lowest BCUT2D eigenvalue weighted by Gasteiger charge is -1.99. The molecule has 16 heavy (non-hydrogen) atoms. The molecule has 0 aliphatic carbocycles. The highest BCUT2D eigenvalue weighted by molar-refractivity contribution is 5.76. The van der Waals surface area contributed by atoms with E-state index in [0.717, 1.165) is 0 Å². The van der Waals surface area contributed by atoms with Crippen molar-refractivity contribution >= 4 is 24.1 Å². The maximum absolute atomic E-state index is 5.37. The van der Waals surface area contributed by atoms with Crippen LogP contribution < -0.4 is 16.9 Å². The van der Waals surface area contributed by atoms with Crippen LogP contribution in [0.4, 0.5) is 17.8 Å². The number of anilines is 3. The molecule has 0 radical (unpaired) electrons. The van der Waals surface area contributed by atoms with E-state index in [1.54, 1.807) is 18.4 Å². The number of nitrogen functional groups attached to an aromatic ring is 2. The summed E-state index contributed by atoms with van der Waals surface area (Å²) >= 11 is 0. The van der Waals surface area contributed by atoms with Gasteiger partial charge in [0.05, 0.1) is 12.5 Å². The van der Waals surface area contributed by atoms with E-state index in [-0.39, 0.29) is 17.8 Å². The summed E-state index contributed by atoms with van der Waals surface area (Å²) in [4.78, 5) is 11.2. The van der Waals surface area contributed by atoms with Crippen LogP contribution in [0, 0.1) is 0 Å². The van der Waals surface area contributed by atoms with Crippen LogP contribution in [0.15, 0.2) is 27.9 Å². The van der Waals surface area contributed by atoms with Gasteiger partial charge in [-0.3, -0.25) is 0 Å². The quantitative estimate of drug-likeness (QED) is 0.492. The number of nitrogens with two attached hydrogens (primary N) is 2. The molecular formula is C8H9N7O. The molecule has 0 bridgehead atoms. The van der Waals surface area contributed by atoms with Gasteiger partial charge in [0, 0.05) is 0 Å². The molecule has 2 rings (SSSR count).